The lowest BCUT2D eigenvalue weighted by Crippen LogP contribution is -2.44. The first-order valence-electron chi connectivity index (χ1n) is 8.48. The normalized spacial score (nSPS) is 14.8. The van der Waals surface area contributed by atoms with Crippen molar-refractivity contribution in [2.24, 2.45) is 0 Å². The van der Waals surface area contributed by atoms with Crippen molar-refractivity contribution in [3.8, 4) is 0 Å². The van der Waals surface area contributed by atoms with E-state index in [1.807, 2.05) is 39.2 Å². The van der Waals surface area contributed by atoms with E-state index in [-0.39, 0.29) is 5.82 Å². The smallest absolute Gasteiger partial charge is 0.225 e. The molecule has 1 aromatic carbocycles. The first-order chi connectivity index (χ1) is 11.8. The van der Waals surface area contributed by atoms with Crippen LogP contribution >= 0.6 is 0 Å². The van der Waals surface area contributed by atoms with Crippen LogP contribution < -0.4 is 10.2 Å². The summed E-state index contributed by atoms with van der Waals surface area (Å²) in [6.07, 6.45) is 5.67. The van der Waals surface area contributed by atoms with Crippen LogP contribution in [0, 0.1) is 5.82 Å². The summed E-state index contributed by atoms with van der Waals surface area (Å²) in [4.78, 5) is 11.1. The fourth-order valence-electron chi connectivity index (χ4n) is 2.62. The highest BCUT2D eigenvalue weighted by Crippen LogP contribution is 2.23. The van der Waals surface area contributed by atoms with Gasteiger partial charge in [0.15, 0.2) is 0 Å². The van der Waals surface area contributed by atoms with E-state index in [1.165, 1.54) is 12.1 Å². The molecule has 4 nitrogen and oxygen atoms in total. The monoisotopic (exact) mass is 328 g/mol. The van der Waals surface area contributed by atoms with Gasteiger partial charge < -0.3 is 10.2 Å². The van der Waals surface area contributed by atoms with E-state index < -0.39 is 0 Å². The van der Waals surface area contributed by atoms with Crippen molar-refractivity contribution in [2.45, 2.75) is 20.8 Å². The summed E-state index contributed by atoms with van der Waals surface area (Å²) >= 11 is 0. The number of rotatable bonds is 3. The van der Waals surface area contributed by atoms with Crippen LogP contribution in [0.3, 0.4) is 0 Å². The molecule has 0 spiro atoms. The molecular weight excluding hydrogens is 303 g/mol. The number of nitrogens with one attached hydrogen (secondary N) is 1. The molecule has 1 aliphatic rings. The van der Waals surface area contributed by atoms with Crippen LogP contribution in [0.2, 0.25) is 0 Å². The van der Waals surface area contributed by atoms with Crippen molar-refractivity contribution in [2.75, 3.05) is 31.1 Å². The van der Waals surface area contributed by atoms with Gasteiger partial charge in [-0.2, -0.15) is 0 Å². The first kappa shape index (κ1) is 18.1. The van der Waals surface area contributed by atoms with Crippen molar-refractivity contribution in [3.05, 3.63) is 59.7 Å². The van der Waals surface area contributed by atoms with Gasteiger partial charge in [-0.05, 0) is 30.2 Å². The molecule has 2 heterocycles. The average Bonchev–Trinajstić information content (AvgIpc) is 2.67. The average molecular weight is 328 g/mol. The zero-order valence-corrected chi connectivity index (χ0v) is 14.6. The molecule has 3 rings (SSSR count). The van der Waals surface area contributed by atoms with E-state index >= 15 is 0 Å². The molecule has 0 bridgehead atoms. The maximum Gasteiger partial charge on any atom is 0.225 e. The van der Waals surface area contributed by atoms with Gasteiger partial charge in [0.2, 0.25) is 5.95 Å². The Morgan fingerprint density at radius 3 is 2.17 bits per heavy atom. The minimum atomic E-state index is -0.232. The van der Waals surface area contributed by atoms with Crippen molar-refractivity contribution >= 4 is 11.5 Å². The zero-order chi connectivity index (χ0) is 17.4. The summed E-state index contributed by atoms with van der Waals surface area (Å²) in [5.41, 5.74) is 2.90. The van der Waals surface area contributed by atoms with E-state index in [4.69, 9.17) is 0 Å². The Morgan fingerprint density at radius 2 is 1.62 bits per heavy atom. The van der Waals surface area contributed by atoms with Crippen LogP contribution in [-0.2, 0) is 0 Å². The highest BCUT2D eigenvalue weighted by atomic mass is 19.1. The fourth-order valence-corrected chi connectivity index (χ4v) is 2.62. The van der Waals surface area contributed by atoms with Gasteiger partial charge in [-0.15, -0.1) is 0 Å². The topological polar surface area (TPSA) is 41.1 Å². The second-order valence-corrected chi connectivity index (χ2v) is 5.22. The Kier molecular flexibility index (Phi) is 6.88. The molecule has 0 saturated carbocycles. The Hall–Kier alpha value is -2.27. The molecule has 1 N–H and O–H groups in total. The molecule has 5 heteroatoms. The van der Waals surface area contributed by atoms with Gasteiger partial charge in [0.1, 0.15) is 5.82 Å². The number of hydrogen-bond donors (Lipinski definition) is 1. The SMILES string of the molecule is C/C=C(\c1ccc(F)cc1)c1cnc(N2CCNCC2)nc1.CC. The van der Waals surface area contributed by atoms with E-state index in [0.29, 0.717) is 0 Å². The summed E-state index contributed by atoms with van der Waals surface area (Å²) in [5, 5.41) is 3.31. The van der Waals surface area contributed by atoms with E-state index in [0.717, 1.165) is 48.8 Å². The number of anilines is 1. The van der Waals surface area contributed by atoms with Crippen LogP contribution in [0.1, 0.15) is 31.9 Å². The molecule has 128 valence electrons. The quantitative estimate of drug-likeness (QED) is 0.936. The molecule has 1 aromatic heterocycles. The summed E-state index contributed by atoms with van der Waals surface area (Å²) < 4.78 is 13.1. The summed E-state index contributed by atoms with van der Waals surface area (Å²) in [6.45, 7) is 9.73. The third-order valence-corrected chi connectivity index (χ3v) is 3.79. The van der Waals surface area contributed by atoms with E-state index in [9.17, 15) is 4.39 Å². The van der Waals surface area contributed by atoms with Gasteiger partial charge in [0.05, 0.1) is 0 Å². The fraction of sp³-hybridized carbons (Fsp3) is 0.368. The number of aromatic nitrogens is 2. The number of halogens is 1. The summed E-state index contributed by atoms with van der Waals surface area (Å²) in [7, 11) is 0. The van der Waals surface area contributed by atoms with Gasteiger partial charge in [-0.3, -0.25) is 0 Å². The molecule has 24 heavy (non-hydrogen) atoms. The first-order valence-corrected chi connectivity index (χ1v) is 8.48. The number of piperazine rings is 1. The van der Waals surface area contributed by atoms with Gasteiger partial charge in [0.25, 0.3) is 0 Å². The van der Waals surface area contributed by atoms with Crippen LogP contribution in [-0.4, -0.2) is 36.1 Å². The summed E-state index contributed by atoms with van der Waals surface area (Å²) in [5.74, 6) is 0.532. The molecule has 0 amide bonds. The lowest BCUT2D eigenvalue weighted by molar-refractivity contribution is 0.580. The lowest BCUT2D eigenvalue weighted by Gasteiger charge is -2.27. The number of allylic oxidation sites excluding steroid dienone is 1. The van der Waals surface area contributed by atoms with E-state index in [1.54, 1.807) is 12.1 Å². The van der Waals surface area contributed by atoms with Crippen molar-refractivity contribution in [1.29, 1.82) is 0 Å². The molecule has 0 unspecified atom stereocenters. The molecular formula is C19H25FN4. The van der Waals surface area contributed by atoms with Gasteiger partial charge in [-0.25, -0.2) is 14.4 Å². The molecule has 1 aliphatic heterocycles. The molecule has 0 aliphatic carbocycles. The van der Waals surface area contributed by atoms with Crippen LogP contribution in [0.25, 0.3) is 5.57 Å². The largest absolute Gasteiger partial charge is 0.338 e. The van der Waals surface area contributed by atoms with Crippen LogP contribution in [0.15, 0.2) is 42.7 Å². The zero-order valence-electron chi connectivity index (χ0n) is 14.6. The Labute approximate surface area is 143 Å². The lowest BCUT2D eigenvalue weighted by atomic mass is 10.0. The van der Waals surface area contributed by atoms with Crippen molar-refractivity contribution < 1.29 is 4.39 Å². The van der Waals surface area contributed by atoms with E-state index in [2.05, 4.69) is 20.2 Å². The Bertz CT molecular complexity index is 644. The highest BCUT2D eigenvalue weighted by Gasteiger charge is 2.13. The molecule has 1 fully saturated rings. The minimum absolute atomic E-state index is 0.232. The standard InChI is InChI=1S/C17H19FN4.C2H6/c1-2-16(13-3-5-15(18)6-4-13)14-11-20-17(21-12-14)22-9-7-19-8-10-22;1-2/h2-6,11-12,19H,7-10H2,1H3;1-2H3/b16-2+;. The third kappa shape index (κ3) is 4.38. The third-order valence-electron chi connectivity index (χ3n) is 3.79. The number of hydrogen-bond acceptors (Lipinski definition) is 4. The van der Waals surface area contributed by atoms with Gasteiger partial charge in [-0.1, -0.05) is 32.1 Å². The van der Waals surface area contributed by atoms with Crippen LogP contribution in [0.4, 0.5) is 10.3 Å². The molecule has 2 aromatic rings. The van der Waals surface area contributed by atoms with Crippen molar-refractivity contribution in [1.82, 2.24) is 15.3 Å². The molecule has 0 radical (unpaired) electrons. The van der Waals surface area contributed by atoms with Crippen LogP contribution in [0.5, 0.6) is 0 Å². The van der Waals surface area contributed by atoms with Gasteiger partial charge in [0, 0.05) is 44.1 Å². The second-order valence-electron chi connectivity index (χ2n) is 5.22. The maximum absolute atomic E-state index is 13.1. The number of nitrogens with zero attached hydrogens (tertiary/aromatic N) is 3. The second kappa shape index (κ2) is 9.13. The predicted octanol–water partition coefficient (Wildman–Crippen LogP) is 3.50. The van der Waals surface area contributed by atoms with Crippen molar-refractivity contribution in [3.63, 3.8) is 0 Å². The minimum Gasteiger partial charge on any atom is -0.338 e. The Morgan fingerprint density at radius 1 is 1.04 bits per heavy atom. The highest BCUT2D eigenvalue weighted by molar-refractivity contribution is 5.78. The summed E-state index contributed by atoms with van der Waals surface area (Å²) in [6, 6.07) is 6.48. The Balaban J connectivity index is 0.00000100. The molecule has 1 saturated heterocycles. The predicted molar refractivity (Wildman–Crippen MR) is 97.6 cm³/mol. The maximum atomic E-state index is 13.1. The van der Waals surface area contributed by atoms with Gasteiger partial charge >= 0.3 is 0 Å². The molecule has 0 atom stereocenters. The number of benzene rings is 1.